The Morgan fingerprint density at radius 2 is 1.86 bits per heavy atom. The number of benzene rings is 2. The summed E-state index contributed by atoms with van der Waals surface area (Å²) in [4.78, 5) is 13.1. The molecule has 1 aliphatic heterocycles. The van der Waals surface area contributed by atoms with Crippen molar-refractivity contribution in [3.63, 3.8) is 0 Å². The molecule has 3 heteroatoms. The topological polar surface area (TPSA) is 29.5 Å². The summed E-state index contributed by atoms with van der Waals surface area (Å²) in [7, 11) is 0. The van der Waals surface area contributed by atoms with E-state index in [-0.39, 0.29) is 6.10 Å². The van der Waals surface area contributed by atoms with Gasteiger partial charge in [0, 0.05) is 25.2 Å². The van der Waals surface area contributed by atoms with Crippen molar-refractivity contribution in [1.82, 2.24) is 4.90 Å². The molecule has 2 aromatic rings. The van der Waals surface area contributed by atoms with Crippen LogP contribution in [0.1, 0.15) is 27.6 Å². The average molecular weight is 281 g/mol. The number of hydrogen-bond donors (Lipinski definition) is 0. The normalized spacial score (nSPS) is 19.3. The summed E-state index contributed by atoms with van der Waals surface area (Å²) in [5, 5.41) is 0. The zero-order valence-electron chi connectivity index (χ0n) is 11.9. The number of hydrogen-bond acceptors (Lipinski definition) is 3. The fourth-order valence-corrected chi connectivity index (χ4v) is 2.68. The second kappa shape index (κ2) is 6.66. The molecule has 1 heterocycles. The highest BCUT2D eigenvalue weighted by atomic mass is 16.5. The molecule has 3 nitrogen and oxygen atoms in total. The lowest BCUT2D eigenvalue weighted by atomic mass is 10.1. The van der Waals surface area contributed by atoms with Crippen molar-refractivity contribution in [2.24, 2.45) is 0 Å². The third kappa shape index (κ3) is 3.57. The van der Waals surface area contributed by atoms with E-state index < -0.39 is 0 Å². The van der Waals surface area contributed by atoms with Crippen LogP contribution < -0.4 is 0 Å². The molecule has 0 aromatic heterocycles. The van der Waals surface area contributed by atoms with Gasteiger partial charge in [0.05, 0.1) is 12.7 Å². The standard InChI is InChI=1S/C18H19NO2/c20-14-16-6-8-17(9-7-16)18-13-19(10-11-21-18)12-15-4-2-1-3-5-15/h1-9,14,18H,10-13H2/t18-/m1/s1. The second-order valence-electron chi connectivity index (χ2n) is 5.36. The van der Waals surface area contributed by atoms with E-state index in [4.69, 9.17) is 4.74 Å². The third-order valence-corrected chi connectivity index (χ3v) is 3.84. The van der Waals surface area contributed by atoms with Gasteiger partial charge in [0.1, 0.15) is 6.29 Å². The molecule has 0 bridgehead atoms. The number of rotatable bonds is 4. The van der Waals surface area contributed by atoms with Crippen molar-refractivity contribution >= 4 is 6.29 Å². The maximum atomic E-state index is 10.7. The Morgan fingerprint density at radius 1 is 1.10 bits per heavy atom. The van der Waals surface area contributed by atoms with Crippen LogP contribution in [0.5, 0.6) is 0 Å². The van der Waals surface area contributed by atoms with Gasteiger partial charge in [0.15, 0.2) is 0 Å². The fourth-order valence-electron chi connectivity index (χ4n) is 2.68. The lowest BCUT2D eigenvalue weighted by molar-refractivity contribution is -0.0329. The minimum Gasteiger partial charge on any atom is -0.371 e. The number of ether oxygens (including phenoxy) is 1. The molecule has 1 aliphatic rings. The van der Waals surface area contributed by atoms with Gasteiger partial charge in [-0.1, -0.05) is 54.6 Å². The zero-order chi connectivity index (χ0) is 14.5. The Hall–Kier alpha value is -1.97. The number of morpholine rings is 1. The molecule has 0 unspecified atom stereocenters. The van der Waals surface area contributed by atoms with Gasteiger partial charge in [-0.25, -0.2) is 0 Å². The van der Waals surface area contributed by atoms with Crippen LogP contribution in [0.3, 0.4) is 0 Å². The first-order valence-corrected chi connectivity index (χ1v) is 7.28. The third-order valence-electron chi connectivity index (χ3n) is 3.84. The molecule has 0 amide bonds. The maximum absolute atomic E-state index is 10.7. The Balaban J connectivity index is 1.66. The van der Waals surface area contributed by atoms with Gasteiger partial charge in [-0.2, -0.15) is 0 Å². The number of nitrogens with zero attached hydrogens (tertiary/aromatic N) is 1. The Labute approximate surface area is 125 Å². The van der Waals surface area contributed by atoms with Crippen molar-refractivity contribution < 1.29 is 9.53 Å². The second-order valence-corrected chi connectivity index (χ2v) is 5.36. The van der Waals surface area contributed by atoms with Crippen molar-refractivity contribution in [2.45, 2.75) is 12.6 Å². The van der Waals surface area contributed by atoms with Gasteiger partial charge in [-0.3, -0.25) is 9.69 Å². The largest absolute Gasteiger partial charge is 0.371 e. The van der Waals surface area contributed by atoms with Gasteiger partial charge < -0.3 is 4.74 Å². The Bertz CT molecular complexity index is 580. The highest BCUT2D eigenvalue weighted by Crippen LogP contribution is 2.23. The van der Waals surface area contributed by atoms with Crippen LogP contribution in [0.2, 0.25) is 0 Å². The van der Waals surface area contributed by atoms with Crippen LogP contribution in [-0.2, 0) is 11.3 Å². The van der Waals surface area contributed by atoms with E-state index in [9.17, 15) is 4.79 Å². The van der Waals surface area contributed by atoms with Crippen LogP contribution in [-0.4, -0.2) is 30.9 Å². The first-order valence-electron chi connectivity index (χ1n) is 7.28. The Morgan fingerprint density at radius 3 is 2.57 bits per heavy atom. The monoisotopic (exact) mass is 281 g/mol. The molecular formula is C18H19NO2. The quantitative estimate of drug-likeness (QED) is 0.807. The van der Waals surface area contributed by atoms with Crippen LogP contribution in [0.25, 0.3) is 0 Å². The van der Waals surface area contributed by atoms with Crippen molar-refractivity contribution in [1.29, 1.82) is 0 Å². The molecule has 21 heavy (non-hydrogen) atoms. The van der Waals surface area contributed by atoms with E-state index in [1.54, 1.807) is 0 Å². The fraction of sp³-hybridized carbons (Fsp3) is 0.278. The van der Waals surface area contributed by atoms with Crippen LogP contribution in [0.15, 0.2) is 54.6 Å². The molecule has 0 N–H and O–H groups in total. The number of carbonyl (C=O) groups is 1. The van der Waals surface area contributed by atoms with Crippen LogP contribution >= 0.6 is 0 Å². The molecule has 1 atom stereocenters. The molecule has 108 valence electrons. The van der Waals surface area contributed by atoms with Crippen LogP contribution in [0, 0.1) is 0 Å². The molecule has 2 aromatic carbocycles. The summed E-state index contributed by atoms with van der Waals surface area (Å²) in [5.41, 5.74) is 3.17. The van der Waals surface area contributed by atoms with Crippen LogP contribution in [0.4, 0.5) is 0 Å². The molecular weight excluding hydrogens is 262 g/mol. The van der Waals surface area contributed by atoms with Gasteiger partial charge in [-0.05, 0) is 11.1 Å². The predicted molar refractivity (Wildman–Crippen MR) is 82.2 cm³/mol. The molecule has 0 spiro atoms. The van der Waals surface area contributed by atoms with Crippen molar-refractivity contribution in [2.75, 3.05) is 19.7 Å². The summed E-state index contributed by atoms with van der Waals surface area (Å²) in [6.07, 6.45) is 0.955. The number of carbonyl (C=O) groups excluding carboxylic acids is 1. The van der Waals surface area contributed by atoms with Gasteiger partial charge >= 0.3 is 0 Å². The molecule has 0 aliphatic carbocycles. The highest BCUT2D eigenvalue weighted by molar-refractivity contribution is 5.74. The minimum atomic E-state index is 0.0863. The molecule has 0 radical (unpaired) electrons. The highest BCUT2D eigenvalue weighted by Gasteiger charge is 2.21. The minimum absolute atomic E-state index is 0.0863. The summed E-state index contributed by atoms with van der Waals surface area (Å²) >= 11 is 0. The maximum Gasteiger partial charge on any atom is 0.150 e. The van der Waals surface area contributed by atoms with Crippen molar-refractivity contribution in [3.05, 3.63) is 71.3 Å². The van der Waals surface area contributed by atoms with Gasteiger partial charge in [-0.15, -0.1) is 0 Å². The smallest absolute Gasteiger partial charge is 0.150 e. The zero-order valence-corrected chi connectivity index (χ0v) is 11.9. The lowest BCUT2D eigenvalue weighted by Gasteiger charge is -2.33. The van der Waals surface area contributed by atoms with E-state index in [0.717, 1.165) is 38.1 Å². The molecule has 0 saturated carbocycles. The molecule has 1 saturated heterocycles. The summed E-state index contributed by atoms with van der Waals surface area (Å²) < 4.78 is 5.88. The SMILES string of the molecule is O=Cc1ccc([C@H]2CN(Cc3ccccc3)CCO2)cc1. The van der Waals surface area contributed by atoms with Crippen molar-refractivity contribution in [3.8, 4) is 0 Å². The summed E-state index contributed by atoms with van der Waals surface area (Å²) in [6.45, 7) is 3.53. The molecule has 3 rings (SSSR count). The van der Waals surface area contributed by atoms with E-state index in [2.05, 4.69) is 29.2 Å². The van der Waals surface area contributed by atoms with E-state index >= 15 is 0 Å². The average Bonchev–Trinajstić information content (AvgIpc) is 2.56. The van der Waals surface area contributed by atoms with Gasteiger partial charge in [0.2, 0.25) is 0 Å². The summed E-state index contributed by atoms with van der Waals surface area (Å²) in [6, 6.07) is 18.2. The van der Waals surface area contributed by atoms with E-state index in [0.29, 0.717) is 5.56 Å². The van der Waals surface area contributed by atoms with Gasteiger partial charge in [0.25, 0.3) is 0 Å². The first-order chi connectivity index (χ1) is 10.3. The molecule has 1 fully saturated rings. The lowest BCUT2D eigenvalue weighted by Crippen LogP contribution is -2.37. The number of aldehydes is 1. The Kier molecular flexibility index (Phi) is 4.43. The van der Waals surface area contributed by atoms with E-state index in [1.807, 2.05) is 30.3 Å². The summed E-state index contributed by atoms with van der Waals surface area (Å²) in [5.74, 6) is 0. The predicted octanol–water partition coefficient (Wildman–Crippen LogP) is 3.07. The first kappa shape index (κ1) is 14.0. The van der Waals surface area contributed by atoms with E-state index in [1.165, 1.54) is 5.56 Å².